The smallest absolute Gasteiger partial charge is 0.448 e. The summed E-state index contributed by atoms with van der Waals surface area (Å²) in [4.78, 5) is 50.3. The average molecular weight is 716 g/mol. The first-order chi connectivity index (χ1) is 23.0. The van der Waals surface area contributed by atoms with E-state index in [-0.39, 0.29) is 68.5 Å². The Balaban J connectivity index is 1.42. The van der Waals surface area contributed by atoms with E-state index >= 15 is 0 Å². The van der Waals surface area contributed by atoms with Crippen molar-refractivity contribution in [1.29, 1.82) is 0 Å². The standard InChI is InChI=1S/C28H26F5N7O8S/c1-2-48-27(43)39-22-5-6-38(49(46,47)19-12-16(29)11-17(30)13-19)15-21(22)24(35-39)34-25(41)20-4-3-18(14-23(20)40(44)45)36-7-9-37(10-8-36)26(42)28(31,32)33/h3-4,11-14H,2,5-10,15H2,1H3,(H,34,35,41). The van der Waals surface area contributed by atoms with Gasteiger partial charge in [-0.05, 0) is 31.2 Å². The van der Waals surface area contributed by atoms with E-state index in [2.05, 4.69) is 10.4 Å². The fraction of sp³-hybridized carbons (Fsp3) is 0.357. The number of benzene rings is 2. The Bertz CT molecular complexity index is 1920. The molecule has 3 aromatic rings. The van der Waals surface area contributed by atoms with Crippen molar-refractivity contribution < 1.29 is 54.4 Å². The lowest BCUT2D eigenvalue weighted by molar-refractivity contribution is -0.385. The van der Waals surface area contributed by atoms with Gasteiger partial charge in [0.1, 0.15) is 17.2 Å². The average Bonchev–Trinajstić information content (AvgIpc) is 3.41. The van der Waals surface area contributed by atoms with Crippen LogP contribution in [0.1, 0.15) is 28.5 Å². The third kappa shape index (κ3) is 7.16. The van der Waals surface area contributed by atoms with E-state index < -0.39 is 73.4 Å². The minimum Gasteiger partial charge on any atom is -0.448 e. The van der Waals surface area contributed by atoms with Crippen LogP contribution in [0.2, 0.25) is 0 Å². The fourth-order valence-corrected chi connectivity index (χ4v) is 6.90. The Morgan fingerprint density at radius 2 is 1.67 bits per heavy atom. The number of nitrogens with zero attached hydrogens (tertiary/aromatic N) is 6. The van der Waals surface area contributed by atoms with Crippen LogP contribution in [0.5, 0.6) is 0 Å². The van der Waals surface area contributed by atoms with Gasteiger partial charge < -0.3 is 19.9 Å². The number of ether oxygens (including phenoxy) is 1. The van der Waals surface area contributed by atoms with Crippen molar-refractivity contribution >= 4 is 45.1 Å². The third-order valence-electron chi connectivity index (χ3n) is 7.77. The van der Waals surface area contributed by atoms with Crippen molar-refractivity contribution in [2.45, 2.75) is 31.0 Å². The first-order valence-corrected chi connectivity index (χ1v) is 15.9. The molecule has 0 saturated carbocycles. The molecule has 3 heterocycles. The first-order valence-electron chi connectivity index (χ1n) is 14.5. The number of carbonyl (C=O) groups is 3. The lowest BCUT2D eigenvalue weighted by atomic mass is 10.1. The number of hydrogen-bond acceptors (Lipinski definition) is 10. The topological polar surface area (TPSA) is 177 Å². The summed E-state index contributed by atoms with van der Waals surface area (Å²) in [5.74, 6) is -5.69. The molecule has 49 heavy (non-hydrogen) atoms. The molecule has 15 nitrogen and oxygen atoms in total. The van der Waals surface area contributed by atoms with E-state index in [1.165, 1.54) is 17.9 Å². The quantitative estimate of drug-likeness (QED) is 0.217. The molecular formula is C28H26F5N7O8S. The van der Waals surface area contributed by atoms with Gasteiger partial charge in [0.05, 0.1) is 22.1 Å². The monoisotopic (exact) mass is 715 g/mol. The summed E-state index contributed by atoms with van der Waals surface area (Å²) in [5.41, 5.74) is -0.812. The van der Waals surface area contributed by atoms with E-state index in [0.717, 1.165) is 21.1 Å². The molecule has 2 aliphatic heterocycles. The molecule has 0 unspecified atom stereocenters. The van der Waals surface area contributed by atoms with Gasteiger partial charge in [-0.1, -0.05) is 0 Å². The summed E-state index contributed by atoms with van der Waals surface area (Å²) >= 11 is 0. The van der Waals surface area contributed by atoms with Crippen LogP contribution < -0.4 is 10.2 Å². The number of piperazine rings is 1. The number of aromatic nitrogens is 2. The number of nitro groups is 1. The number of hydrogen-bond donors (Lipinski definition) is 1. The van der Waals surface area contributed by atoms with Gasteiger partial charge in [-0.2, -0.15) is 22.2 Å². The van der Waals surface area contributed by atoms with Gasteiger partial charge in [-0.3, -0.25) is 19.7 Å². The molecule has 0 bridgehead atoms. The molecule has 0 atom stereocenters. The maximum absolute atomic E-state index is 13.9. The number of fused-ring (bicyclic) bond motifs is 1. The molecule has 1 fully saturated rings. The van der Waals surface area contributed by atoms with Crippen LogP contribution in [0.25, 0.3) is 0 Å². The molecule has 0 spiro atoms. The maximum Gasteiger partial charge on any atom is 0.471 e. The number of carbonyl (C=O) groups excluding carboxylic acids is 3. The van der Waals surface area contributed by atoms with Crippen LogP contribution in [0.3, 0.4) is 0 Å². The number of halogens is 5. The molecule has 0 aliphatic carbocycles. The van der Waals surface area contributed by atoms with E-state index in [9.17, 15) is 54.9 Å². The summed E-state index contributed by atoms with van der Waals surface area (Å²) < 4.78 is 99.5. The molecule has 2 aliphatic rings. The Kier molecular flexibility index (Phi) is 9.59. The lowest BCUT2D eigenvalue weighted by Gasteiger charge is -2.36. The molecule has 0 radical (unpaired) electrons. The van der Waals surface area contributed by atoms with Crippen LogP contribution in [0.4, 0.5) is 43.9 Å². The van der Waals surface area contributed by atoms with Gasteiger partial charge in [-0.25, -0.2) is 22.0 Å². The third-order valence-corrected chi connectivity index (χ3v) is 9.59. The number of nitro benzene ring substituents is 1. The van der Waals surface area contributed by atoms with Crippen molar-refractivity contribution in [1.82, 2.24) is 19.0 Å². The second-order valence-electron chi connectivity index (χ2n) is 10.8. The summed E-state index contributed by atoms with van der Waals surface area (Å²) in [6.07, 6.45) is -6.16. The summed E-state index contributed by atoms with van der Waals surface area (Å²) in [5, 5.41) is 18.5. The number of nitrogens with one attached hydrogen (secondary N) is 1. The molecule has 1 aromatic heterocycles. The molecule has 5 rings (SSSR count). The summed E-state index contributed by atoms with van der Waals surface area (Å²) in [6.45, 7) is -0.0762. The van der Waals surface area contributed by atoms with E-state index in [1.807, 2.05) is 0 Å². The lowest BCUT2D eigenvalue weighted by Crippen LogP contribution is -2.52. The van der Waals surface area contributed by atoms with Crippen LogP contribution >= 0.6 is 0 Å². The second kappa shape index (κ2) is 13.4. The normalized spacial score (nSPS) is 15.5. The Labute approximate surface area is 274 Å². The van der Waals surface area contributed by atoms with E-state index in [1.54, 1.807) is 0 Å². The zero-order valence-corrected chi connectivity index (χ0v) is 26.2. The van der Waals surface area contributed by atoms with Gasteiger partial charge in [-0.15, -0.1) is 5.10 Å². The molecule has 1 saturated heterocycles. The van der Waals surface area contributed by atoms with Crippen LogP contribution in [0, 0.1) is 21.7 Å². The maximum atomic E-state index is 13.9. The zero-order valence-electron chi connectivity index (χ0n) is 25.4. The molecule has 21 heteroatoms. The van der Waals surface area contributed by atoms with Gasteiger partial charge in [0.15, 0.2) is 5.82 Å². The SMILES string of the molecule is CCOC(=O)n1nc(NC(=O)c2ccc(N3CCN(C(=O)C(F)(F)F)CC3)cc2[N+](=O)[O-])c2c1CCN(S(=O)(=O)c1cc(F)cc(F)c1)C2. The summed E-state index contributed by atoms with van der Waals surface area (Å²) in [6, 6.07) is 5.21. The van der Waals surface area contributed by atoms with Crippen LogP contribution in [-0.4, -0.2) is 95.7 Å². The number of sulfonamides is 1. The van der Waals surface area contributed by atoms with Crippen molar-refractivity contribution in [3.8, 4) is 0 Å². The van der Waals surface area contributed by atoms with Crippen molar-refractivity contribution in [2.24, 2.45) is 0 Å². The molecule has 262 valence electrons. The number of rotatable bonds is 7. The van der Waals surface area contributed by atoms with Crippen molar-refractivity contribution in [2.75, 3.05) is 49.5 Å². The van der Waals surface area contributed by atoms with Gasteiger partial charge in [0.25, 0.3) is 11.6 Å². The predicted octanol–water partition coefficient (Wildman–Crippen LogP) is 3.28. The van der Waals surface area contributed by atoms with Gasteiger partial charge >= 0.3 is 18.2 Å². The highest BCUT2D eigenvalue weighted by Gasteiger charge is 2.43. The second-order valence-corrected chi connectivity index (χ2v) is 12.7. The highest BCUT2D eigenvalue weighted by Crippen LogP contribution is 2.33. The summed E-state index contributed by atoms with van der Waals surface area (Å²) in [7, 11) is -4.50. The Morgan fingerprint density at radius 3 is 2.27 bits per heavy atom. The molecule has 2 amide bonds. The minimum atomic E-state index is -5.05. The Hall–Kier alpha value is -5.18. The van der Waals surface area contributed by atoms with E-state index in [4.69, 9.17) is 4.74 Å². The zero-order chi connectivity index (χ0) is 35.8. The number of amides is 2. The molecule has 2 aromatic carbocycles. The fourth-order valence-electron chi connectivity index (χ4n) is 5.44. The minimum absolute atomic E-state index is 0.0126. The van der Waals surface area contributed by atoms with Crippen LogP contribution in [0.15, 0.2) is 41.3 Å². The van der Waals surface area contributed by atoms with Gasteiger partial charge in [0.2, 0.25) is 10.0 Å². The molecule has 1 N–H and O–H groups in total. The van der Waals surface area contributed by atoms with Crippen molar-refractivity contribution in [3.05, 3.63) is 75.0 Å². The highest BCUT2D eigenvalue weighted by atomic mass is 32.2. The predicted molar refractivity (Wildman–Crippen MR) is 158 cm³/mol. The largest absolute Gasteiger partial charge is 0.471 e. The first kappa shape index (κ1) is 35.1. The Morgan fingerprint density at radius 1 is 1.02 bits per heavy atom. The number of alkyl halides is 3. The van der Waals surface area contributed by atoms with Crippen molar-refractivity contribution in [3.63, 3.8) is 0 Å². The van der Waals surface area contributed by atoms with Crippen LogP contribution in [-0.2, 0) is 32.5 Å². The highest BCUT2D eigenvalue weighted by molar-refractivity contribution is 7.89. The molecular weight excluding hydrogens is 689 g/mol. The van der Waals surface area contributed by atoms with Gasteiger partial charge in [0, 0.05) is 69.1 Å². The van der Waals surface area contributed by atoms with E-state index in [0.29, 0.717) is 23.1 Å². The number of anilines is 2.